The van der Waals surface area contributed by atoms with Crippen molar-refractivity contribution in [1.29, 1.82) is 0 Å². The average Bonchev–Trinajstić information content (AvgIpc) is 2.80. The second-order valence-corrected chi connectivity index (χ2v) is 7.71. The fraction of sp³-hybridized carbons (Fsp3) is 0.458. The summed E-state index contributed by atoms with van der Waals surface area (Å²) in [7, 11) is 3.66. The highest BCUT2D eigenvalue weighted by molar-refractivity contribution is 5.81. The third kappa shape index (κ3) is 5.97. The molecule has 1 aliphatic rings. The maximum absolute atomic E-state index is 12.7. The normalized spacial score (nSPS) is 15.1. The van der Waals surface area contributed by atoms with E-state index in [2.05, 4.69) is 39.4 Å². The molecular weight excluding hydrogens is 378 g/mol. The molecule has 0 saturated carbocycles. The van der Waals surface area contributed by atoms with E-state index >= 15 is 0 Å². The Morgan fingerprint density at radius 1 is 1.17 bits per heavy atom. The minimum atomic E-state index is -0.210. The zero-order chi connectivity index (χ0) is 21.3. The summed E-state index contributed by atoms with van der Waals surface area (Å²) in [5.41, 5.74) is 3.65. The van der Waals surface area contributed by atoms with Gasteiger partial charge in [0.25, 0.3) is 0 Å². The number of rotatable bonds is 9. The van der Waals surface area contributed by atoms with Crippen LogP contribution in [0.1, 0.15) is 18.1 Å². The van der Waals surface area contributed by atoms with E-state index in [4.69, 9.17) is 9.47 Å². The van der Waals surface area contributed by atoms with Gasteiger partial charge in [0.15, 0.2) is 0 Å². The van der Waals surface area contributed by atoms with Crippen LogP contribution in [0, 0.1) is 0 Å². The van der Waals surface area contributed by atoms with Crippen molar-refractivity contribution in [3.8, 4) is 5.75 Å². The summed E-state index contributed by atoms with van der Waals surface area (Å²) in [5.74, 6) is 0.894. The number of methoxy groups -OCH3 is 1. The molecule has 0 aliphatic carbocycles. The Kier molecular flexibility index (Phi) is 8.11. The average molecular weight is 412 g/mol. The molecule has 0 radical (unpaired) electrons. The van der Waals surface area contributed by atoms with Crippen molar-refractivity contribution in [2.75, 3.05) is 51.9 Å². The first-order chi connectivity index (χ1) is 14.6. The van der Waals surface area contributed by atoms with Crippen LogP contribution >= 0.6 is 0 Å². The van der Waals surface area contributed by atoms with Crippen LogP contribution in [-0.4, -0.2) is 63.9 Å². The van der Waals surface area contributed by atoms with Gasteiger partial charge in [-0.05, 0) is 49.7 Å². The van der Waals surface area contributed by atoms with Crippen LogP contribution in [0.15, 0.2) is 48.5 Å². The van der Waals surface area contributed by atoms with Gasteiger partial charge in [-0.15, -0.1) is 0 Å². The molecule has 2 aromatic rings. The number of likely N-dealkylation sites (N-methyl/N-ethyl adjacent to an activating group) is 1. The van der Waals surface area contributed by atoms with Gasteiger partial charge in [0, 0.05) is 31.9 Å². The highest BCUT2D eigenvalue weighted by Gasteiger charge is 2.20. The molecule has 1 atom stereocenters. The molecule has 30 heavy (non-hydrogen) atoms. The van der Waals surface area contributed by atoms with Crippen LogP contribution in [0.25, 0.3) is 0 Å². The van der Waals surface area contributed by atoms with E-state index in [0.717, 1.165) is 45.0 Å². The zero-order valence-electron chi connectivity index (χ0n) is 18.3. The van der Waals surface area contributed by atoms with Crippen LogP contribution in [0.3, 0.4) is 0 Å². The fourth-order valence-corrected chi connectivity index (χ4v) is 3.63. The number of nitrogens with zero attached hydrogens (tertiary/aromatic N) is 2. The summed E-state index contributed by atoms with van der Waals surface area (Å²) in [5, 5.41) is 3.07. The smallest absolute Gasteiger partial charge is 0.237 e. The molecule has 1 N–H and O–H groups in total. The molecule has 0 bridgehead atoms. The van der Waals surface area contributed by atoms with Gasteiger partial charge >= 0.3 is 0 Å². The van der Waals surface area contributed by atoms with Crippen molar-refractivity contribution < 1.29 is 14.3 Å². The first kappa shape index (κ1) is 22.1. The lowest BCUT2D eigenvalue weighted by molar-refractivity contribution is -0.125. The summed E-state index contributed by atoms with van der Waals surface area (Å²) in [6, 6.07) is 16.2. The summed E-state index contributed by atoms with van der Waals surface area (Å²) >= 11 is 0. The Bertz CT molecular complexity index is 804. The summed E-state index contributed by atoms with van der Waals surface area (Å²) in [4.78, 5) is 17.1. The predicted octanol–water partition coefficient (Wildman–Crippen LogP) is 2.71. The number of anilines is 1. The first-order valence-electron chi connectivity index (χ1n) is 10.6. The Balaban J connectivity index is 1.51. The van der Waals surface area contributed by atoms with Crippen LogP contribution < -0.4 is 15.0 Å². The van der Waals surface area contributed by atoms with Crippen molar-refractivity contribution in [2.45, 2.75) is 25.9 Å². The van der Waals surface area contributed by atoms with E-state index in [1.165, 1.54) is 16.8 Å². The summed E-state index contributed by atoms with van der Waals surface area (Å²) in [6.45, 7) is 6.63. The highest BCUT2D eigenvalue weighted by Crippen LogP contribution is 2.23. The highest BCUT2D eigenvalue weighted by atomic mass is 16.5. The molecule has 1 heterocycles. The van der Waals surface area contributed by atoms with E-state index in [1.54, 1.807) is 7.11 Å². The van der Waals surface area contributed by atoms with Gasteiger partial charge in [0.1, 0.15) is 5.75 Å². The van der Waals surface area contributed by atoms with Gasteiger partial charge in [-0.2, -0.15) is 0 Å². The number of hydrogen-bond donors (Lipinski definition) is 1. The number of amides is 1. The van der Waals surface area contributed by atoms with Crippen molar-refractivity contribution >= 4 is 11.6 Å². The molecule has 6 nitrogen and oxygen atoms in total. The van der Waals surface area contributed by atoms with Gasteiger partial charge in [0.2, 0.25) is 5.91 Å². The number of carbonyl (C=O) groups excluding carboxylic acids is 1. The van der Waals surface area contributed by atoms with Crippen LogP contribution in [0.5, 0.6) is 5.75 Å². The maximum atomic E-state index is 12.7. The molecule has 1 amide bonds. The molecule has 0 unspecified atom stereocenters. The van der Waals surface area contributed by atoms with Gasteiger partial charge in [0.05, 0.1) is 26.4 Å². The minimum Gasteiger partial charge on any atom is -0.497 e. The van der Waals surface area contributed by atoms with Crippen LogP contribution in [0.4, 0.5) is 5.69 Å². The molecule has 3 rings (SSSR count). The van der Waals surface area contributed by atoms with Gasteiger partial charge < -0.3 is 19.7 Å². The summed E-state index contributed by atoms with van der Waals surface area (Å²) in [6.07, 6.45) is 0.798. The third-order valence-electron chi connectivity index (χ3n) is 5.68. The minimum absolute atomic E-state index is 0.0508. The van der Waals surface area contributed by atoms with E-state index in [1.807, 2.05) is 38.2 Å². The number of nitrogens with one attached hydrogen (secondary N) is 1. The fourth-order valence-electron chi connectivity index (χ4n) is 3.63. The lowest BCUT2D eigenvalue weighted by Gasteiger charge is -2.32. The van der Waals surface area contributed by atoms with Crippen molar-refractivity contribution in [3.05, 3.63) is 59.7 Å². The lowest BCUT2D eigenvalue weighted by atomic mass is 10.1. The number of carbonyl (C=O) groups is 1. The molecule has 1 saturated heterocycles. The molecule has 2 aromatic carbocycles. The Morgan fingerprint density at radius 3 is 2.57 bits per heavy atom. The predicted molar refractivity (Wildman–Crippen MR) is 120 cm³/mol. The Morgan fingerprint density at radius 2 is 1.87 bits per heavy atom. The number of morpholine rings is 1. The molecule has 1 fully saturated rings. The monoisotopic (exact) mass is 411 g/mol. The van der Waals surface area contributed by atoms with E-state index in [0.29, 0.717) is 6.54 Å². The standard InChI is InChI=1S/C24H33N3O3/c1-19(24(28)25-13-12-20-8-10-22(29-3)11-9-20)26(2)18-21-6-4-5-7-23(21)27-14-16-30-17-15-27/h4-11,19H,12-18H2,1-3H3,(H,25,28)/t19-/m0/s1. The molecule has 6 heteroatoms. The largest absolute Gasteiger partial charge is 0.497 e. The van der Waals surface area contributed by atoms with E-state index < -0.39 is 0 Å². The summed E-state index contributed by atoms with van der Waals surface area (Å²) < 4.78 is 10.7. The second-order valence-electron chi connectivity index (χ2n) is 7.71. The van der Waals surface area contributed by atoms with Crippen molar-refractivity contribution in [1.82, 2.24) is 10.2 Å². The second kappa shape index (κ2) is 11.0. The molecular formula is C24H33N3O3. The van der Waals surface area contributed by atoms with Crippen LogP contribution in [0.2, 0.25) is 0 Å². The molecule has 162 valence electrons. The lowest BCUT2D eigenvalue weighted by Crippen LogP contribution is -2.44. The zero-order valence-corrected chi connectivity index (χ0v) is 18.3. The topological polar surface area (TPSA) is 54.0 Å². The van der Waals surface area contributed by atoms with E-state index in [9.17, 15) is 4.79 Å². The molecule has 0 aromatic heterocycles. The molecule has 1 aliphatic heterocycles. The SMILES string of the molecule is COc1ccc(CCNC(=O)[C@H](C)N(C)Cc2ccccc2N2CCOCC2)cc1. The Labute approximate surface area is 179 Å². The van der Waals surface area contributed by atoms with Crippen molar-refractivity contribution in [3.63, 3.8) is 0 Å². The van der Waals surface area contributed by atoms with Gasteiger partial charge in [-0.25, -0.2) is 0 Å². The maximum Gasteiger partial charge on any atom is 0.237 e. The van der Waals surface area contributed by atoms with Crippen molar-refractivity contribution in [2.24, 2.45) is 0 Å². The number of para-hydroxylation sites is 1. The number of ether oxygens (including phenoxy) is 2. The van der Waals surface area contributed by atoms with Crippen LogP contribution in [-0.2, 0) is 22.5 Å². The van der Waals surface area contributed by atoms with Gasteiger partial charge in [-0.1, -0.05) is 30.3 Å². The quantitative estimate of drug-likeness (QED) is 0.688. The third-order valence-corrected chi connectivity index (χ3v) is 5.68. The van der Waals surface area contributed by atoms with Gasteiger partial charge in [-0.3, -0.25) is 9.69 Å². The first-order valence-corrected chi connectivity index (χ1v) is 10.6. The van der Waals surface area contributed by atoms with E-state index in [-0.39, 0.29) is 11.9 Å². The molecule has 0 spiro atoms. The number of benzene rings is 2. The Hall–Kier alpha value is -2.57. The number of hydrogen-bond acceptors (Lipinski definition) is 5.